The van der Waals surface area contributed by atoms with Gasteiger partial charge in [-0.1, -0.05) is 0 Å². The molecule has 3 nitrogen and oxygen atoms in total. The highest BCUT2D eigenvalue weighted by molar-refractivity contribution is 5.76. The summed E-state index contributed by atoms with van der Waals surface area (Å²) in [5, 5.41) is 0. The van der Waals surface area contributed by atoms with Gasteiger partial charge in [-0.05, 0) is 39.0 Å². The second kappa shape index (κ2) is 5.13. The molecule has 2 atom stereocenters. The molecule has 3 heteroatoms. The highest BCUT2D eigenvalue weighted by Crippen LogP contribution is 2.33. The zero-order valence-corrected chi connectivity index (χ0v) is 8.91. The van der Waals surface area contributed by atoms with Gasteiger partial charge in [0.05, 0.1) is 12.5 Å². The van der Waals surface area contributed by atoms with Crippen LogP contribution in [0.1, 0.15) is 39.5 Å². The van der Waals surface area contributed by atoms with Crippen molar-refractivity contribution in [3.8, 4) is 0 Å². The van der Waals surface area contributed by atoms with E-state index in [-0.39, 0.29) is 17.7 Å². The van der Waals surface area contributed by atoms with Crippen molar-refractivity contribution in [1.29, 1.82) is 0 Å². The summed E-state index contributed by atoms with van der Waals surface area (Å²) < 4.78 is 4.96. The molecule has 0 radical (unpaired) electrons. The molecule has 0 saturated heterocycles. The lowest BCUT2D eigenvalue weighted by Gasteiger charge is -2.09. The van der Waals surface area contributed by atoms with Gasteiger partial charge in [0.25, 0.3) is 0 Å². The number of carbonyl (C=O) groups is 2. The van der Waals surface area contributed by atoms with E-state index in [0.717, 1.165) is 19.3 Å². The Balaban J connectivity index is 2.33. The number of hydrogen-bond acceptors (Lipinski definition) is 3. The van der Waals surface area contributed by atoms with E-state index < -0.39 is 0 Å². The molecule has 0 unspecified atom stereocenters. The van der Waals surface area contributed by atoms with Gasteiger partial charge < -0.3 is 9.53 Å². The second-order valence-corrected chi connectivity index (χ2v) is 4.03. The molecule has 1 aliphatic carbocycles. The Morgan fingerprint density at radius 2 is 2.07 bits per heavy atom. The van der Waals surface area contributed by atoms with Gasteiger partial charge in [0.2, 0.25) is 0 Å². The van der Waals surface area contributed by atoms with E-state index in [1.807, 2.05) is 6.92 Å². The second-order valence-electron chi connectivity index (χ2n) is 4.03. The minimum atomic E-state index is -0.0847. The van der Waals surface area contributed by atoms with Crippen LogP contribution in [0.3, 0.4) is 0 Å². The van der Waals surface area contributed by atoms with Crippen LogP contribution in [0.2, 0.25) is 0 Å². The summed E-state index contributed by atoms with van der Waals surface area (Å²) in [6, 6.07) is 0. The molecule has 0 N–H and O–H groups in total. The van der Waals surface area contributed by atoms with Crippen molar-refractivity contribution < 1.29 is 14.3 Å². The fourth-order valence-corrected chi connectivity index (χ4v) is 2.14. The van der Waals surface area contributed by atoms with Gasteiger partial charge in [-0.2, -0.15) is 0 Å². The van der Waals surface area contributed by atoms with E-state index in [1.165, 1.54) is 0 Å². The van der Waals surface area contributed by atoms with Gasteiger partial charge in [0.1, 0.15) is 5.78 Å². The molecule has 0 spiro atoms. The lowest BCUT2D eigenvalue weighted by atomic mass is 10.00. The minimum Gasteiger partial charge on any atom is -0.466 e. The quantitative estimate of drug-likeness (QED) is 0.648. The summed E-state index contributed by atoms with van der Waals surface area (Å²) in [4.78, 5) is 22.3. The number of rotatable bonds is 4. The Morgan fingerprint density at radius 3 is 2.64 bits per heavy atom. The van der Waals surface area contributed by atoms with E-state index in [2.05, 4.69) is 0 Å². The van der Waals surface area contributed by atoms with Crippen LogP contribution in [0.4, 0.5) is 0 Å². The van der Waals surface area contributed by atoms with Crippen LogP contribution in [-0.2, 0) is 14.3 Å². The molecule has 0 aromatic carbocycles. The maximum Gasteiger partial charge on any atom is 0.308 e. The average molecular weight is 198 g/mol. The zero-order valence-electron chi connectivity index (χ0n) is 8.91. The first-order valence-electron chi connectivity index (χ1n) is 5.29. The first-order valence-corrected chi connectivity index (χ1v) is 5.29. The number of ketones is 1. The number of esters is 1. The molecule has 0 aromatic heterocycles. The minimum absolute atomic E-state index is 0.0410. The molecular formula is C11H18O3. The van der Waals surface area contributed by atoms with E-state index in [1.54, 1.807) is 6.92 Å². The monoisotopic (exact) mass is 198 g/mol. The predicted octanol–water partition coefficient (Wildman–Crippen LogP) is 1.94. The van der Waals surface area contributed by atoms with Crippen LogP contribution in [-0.4, -0.2) is 18.4 Å². The molecular weight excluding hydrogens is 180 g/mol. The summed E-state index contributed by atoms with van der Waals surface area (Å²) in [5.74, 6) is 0.583. The maximum absolute atomic E-state index is 11.4. The lowest BCUT2D eigenvalue weighted by molar-refractivity contribution is -0.147. The third-order valence-electron chi connectivity index (χ3n) is 2.74. The Hall–Kier alpha value is -0.860. The molecule has 0 amide bonds. The average Bonchev–Trinajstić information content (AvgIpc) is 2.52. The van der Waals surface area contributed by atoms with Crippen LogP contribution in [0.25, 0.3) is 0 Å². The van der Waals surface area contributed by atoms with Crippen molar-refractivity contribution in [3.05, 3.63) is 0 Å². The SMILES string of the molecule is CCOC(=O)[C@@H]1CC[C@H](CC(C)=O)C1. The first-order chi connectivity index (χ1) is 6.63. The molecule has 1 aliphatic rings. The smallest absolute Gasteiger partial charge is 0.308 e. The number of ether oxygens (including phenoxy) is 1. The largest absolute Gasteiger partial charge is 0.466 e. The molecule has 80 valence electrons. The highest BCUT2D eigenvalue weighted by atomic mass is 16.5. The van der Waals surface area contributed by atoms with Crippen LogP contribution in [0.15, 0.2) is 0 Å². The van der Waals surface area contributed by atoms with Crippen molar-refractivity contribution in [2.45, 2.75) is 39.5 Å². The van der Waals surface area contributed by atoms with Crippen molar-refractivity contribution >= 4 is 11.8 Å². The maximum atomic E-state index is 11.4. The van der Waals surface area contributed by atoms with Crippen LogP contribution in [0, 0.1) is 11.8 Å². The van der Waals surface area contributed by atoms with Gasteiger partial charge >= 0.3 is 5.97 Å². The lowest BCUT2D eigenvalue weighted by Crippen LogP contribution is -2.15. The summed E-state index contributed by atoms with van der Waals surface area (Å²) in [6.45, 7) is 3.88. The molecule has 1 rings (SSSR count). The summed E-state index contributed by atoms with van der Waals surface area (Å²) in [5.41, 5.74) is 0. The summed E-state index contributed by atoms with van der Waals surface area (Å²) in [6.07, 6.45) is 3.33. The Kier molecular flexibility index (Phi) is 4.11. The van der Waals surface area contributed by atoms with E-state index >= 15 is 0 Å². The topological polar surface area (TPSA) is 43.4 Å². The van der Waals surface area contributed by atoms with Crippen LogP contribution < -0.4 is 0 Å². The first kappa shape index (κ1) is 11.2. The predicted molar refractivity (Wildman–Crippen MR) is 52.8 cm³/mol. The number of Topliss-reactive ketones (excluding diaryl/α,β-unsaturated/α-hetero) is 1. The molecule has 0 aromatic rings. The third-order valence-corrected chi connectivity index (χ3v) is 2.74. The van der Waals surface area contributed by atoms with Gasteiger partial charge in [-0.3, -0.25) is 4.79 Å². The van der Waals surface area contributed by atoms with Gasteiger partial charge in [0.15, 0.2) is 0 Å². The zero-order chi connectivity index (χ0) is 10.6. The Morgan fingerprint density at radius 1 is 1.36 bits per heavy atom. The van der Waals surface area contributed by atoms with Crippen molar-refractivity contribution in [1.82, 2.24) is 0 Å². The van der Waals surface area contributed by atoms with Gasteiger partial charge in [-0.15, -0.1) is 0 Å². The number of carbonyl (C=O) groups excluding carboxylic acids is 2. The van der Waals surface area contributed by atoms with Crippen LogP contribution >= 0.6 is 0 Å². The number of hydrogen-bond donors (Lipinski definition) is 0. The standard InChI is InChI=1S/C11H18O3/c1-3-14-11(13)10-5-4-9(7-10)6-8(2)12/h9-10H,3-7H2,1-2H3/t9-,10-/m1/s1. The molecule has 1 saturated carbocycles. The van der Waals surface area contributed by atoms with Gasteiger partial charge in [0, 0.05) is 6.42 Å². The fourth-order valence-electron chi connectivity index (χ4n) is 2.14. The molecule has 0 heterocycles. The highest BCUT2D eigenvalue weighted by Gasteiger charge is 2.31. The van der Waals surface area contributed by atoms with Crippen molar-refractivity contribution in [2.75, 3.05) is 6.61 Å². The Bertz CT molecular complexity index is 223. The summed E-state index contributed by atoms with van der Waals surface area (Å²) in [7, 11) is 0. The molecule has 0 bridgehead atoms. The van der Waals surface area contributed by atoms with E-state index in [0.29, 0.717) is 18.9 Å². The molecule has 14 heavy (non-hydrogen) atoms. The van der Waals surface area contributed by atoms with Crippen molar-refractivity contribution in [3.63, 3.8) is 0 Å². The van der Waals surface area contributed by atoms with Crippen LogP contribution in [0.5, 0.6) is 0 Å². The summed E-state index contributed by atoms with van der Waals surface area (Å²) >= 11 is 0. The third kappa shape index (κ3) is 3.13. The van der Waals surface area contributed by atoms with Crippen molar-refractivity contribution in [2.24, 2.45) is 11.8 Å². The normalized spacial score (nSPS) is 26.1. The van der Waals surface area contributed by atoms with Gasteiger partial charge in [-0.25, -0.2) is 0 Å². The molecule has 1 fully saturated rings. The Labute approximate surface area is 84.8 Å². The van der Waals surface area contributed by atoms with E-state index in [4.69, 9.17) is 4.74 Å². The molecule has 0 aliphatic heterocycles. The van der Waals surface area contributed by atoms with E-state index in [9.17, 15) is 9.59 Å². The fraction of sp³-hybridized carbons (Fsp3) is 0.818.